The Morgan fingerprint density at radius 1 is 1.33 bits per heavy atom. The number of rotatable bonds is 4. The van der Waals surface area contributed by atoms with E-state index in [0.29, 0.717) is 19.3 Å². The first-order valence-electron chi connectivity index (χ1n) is 7.64. The van der Waals surface area contributed by atoms with Crippen LogP contribution in [0, 0.1) is 6.92 Å². The molecule has 1 saturated carbocycles. The van der Waals surface area contributed by atoms with Gasteiger partial charge in [0, 0.05) is 17.5 Å². The van der Waals surface area contributed by atoms with Gasteiger partial charge in [-0.05, 0) is 26.2 Å². The molecule has 6 nitrogen and oxygen atoms in total. The fraction of sp³-hybridized carbons (Fsp3) is 0.438. The third-order valence-corrected chi connectivity index (χ3v) is 4.25. The average molecular weight is 337 g/mol. The third-order valence-electron chi connectivity index (χ3n) is 4.25. The van der Waals surface area contributed by atoms with E-state index in [4.69, 9.17) is 9.63 Å². The van der Waals surface area contributed by atoms with Gasteiger partial charge in [0.1, 0.15) is 0 Å². The molecule has 1 aromatic carbocycles. The summed E-state index contributed by atoms with van der Waals surface area (Å²) in [7, 11) is 0. The third kappa shape index (κ3) is 3.22. The number of nitrogens with one attached hydrogen (secondary N) is 1. The van der Waals surface area contributed by atoms with Crippen LogP contribution < -0.4 is 5.32 Å². The molecule has 2 atom stereocenters. The highest BCUT2D eigenvalue weighted by Gasteiger charge is 2.41. The Hall–Kier alpha value is -2.51. The lowest BCUT2D eigenvalue weighted by molar-refractivity contribution is 0.0304. The molecule has 1 amide bonds. The minimum Gasteiger partial charge on any atom is -0.465 e. The van der Waals surface area contributed by atoms with Gasteiger partial charge < -0.3 is 14.9 Å². The van der Waals surface area contributed by atoms with Crippen molar-refractivity contribution >= 4 is 6.09 Å². The van der Waals surface area contributed by atoms with Crippen molar-refractivity contribution < 1.29 is 23.2 Å². The number of aromatic nitrogens is 2. The standard InChI is InChI=1S/C16H17F2N3O3/c1-9-2-5-11(6-3-9)16(17,18)14-20-13(24-21-14)10-4-7-12(8-10)19-15(22)23/h2-3,5-6,10,12,19H,4,7-8H2,1H3,(H,22,23)/t10-,12-/m0/s1. The van der Waals surface area contributed by atoms with E-state index in [0.717, 1.165) is 5.56 Å². The van der Waals surface area contributed by atoms with E-state index >= 15 is 0 Å². The minimum absolute atomic E-state index is 0.131. The van der Waals surface area contributed by atoms with Gasteiger partial charge in [0.05, 0.1) is 0 Å². The normalized spacial score (nSPS) is 21.0. The number of hydrogen-bond acceptors (Lipinski definition) is 4. The molecule has 1 aliphatic carbocycles. The van der Waals surface area contributed by atoms with Crippen LogP contribution in [-0.2, 0) is 5.92 Å². The summed E-state index contributed by atoms with van der Waals surface area (Å²) in [6.07, 6.45) is 0.591. The minimum atomic E-state index is -3.34. The zero-order valence-electron chi connectivity index (χ0n) is 13.0. The number of carbonyl (C=O) groups is 1. The maximum atomic E-state index is 14.5. The van der Waals surface area contributed by atoms with Gasteiger partial charge in [-0.15, -0.1) is 0 Å². The largest absolute Gasteiger partial charge is 0.465 e. The van der Waals surface area contributed by atoms with Gasteiger partial charge >= 0.3 is 12.0 Å². The second-order valence-corrected chi connectivity index (χ2v) is 6.05. The lowest BCUT2D eigenvalue weighted by Gasteiger charge is -2.12. The molecule has 0 unspecified atom stereocenters. The van der Waals surface area contributed by atoms with Crippen LogP contribution in [0.2, 0.25) is 0 Å². The molecule has 0 aliphatic heterocycles. The van der Waals surface area contributed by atoms with Crippen molar-refractivity contribution in [3.63, 3.8) is 0 Å². The zero-order valence-corrected chi connectivity index (χ0v) is 13.0. The molecule has 0 bridgehead atoms. The van der Waals surface area contributed by atoms with Crippen LogP contribution in [0.3, 0.4) is 0 Å². The molecular formula is C16H17F2N3O3. The topological polar surface area (TPSA) is 88.2 Å². The molecule has 3 rings (SSSR count). The van der Waals surface area contributed by atoms with Crippen molar-refractivity contribution in [2.75, 3.05) is 0 Å². The molecule has 1 fully saturated rings. The van der Waals surface area contributed by atoms with Gasteiger partial charge in [-0.25, -0.2) is 4.79 Å². The fourth-order valence-electron chi connectivity index (χ4n) is 2.93. The van der Waals surface area contributed by atoms with Crippen LogP contribution in [0.1, 0.15) is 48.0 Å². The second kappa shape index (κ2) is 6.18. The second-order valence-electron chi connectivity index (χ2n) is 6.05. The molecule has 0 saturated heterocycles. The first kappa shape index (κ1) is 16.4. The van der Waals surface area contributed by atoms with E-state index in [9.17, 15) is 13.6 Å². The van der Waals surface area contributed by atoms with Crippen molar-refractivity contribution in [2.45, 2.75) is 44.1 Å². The van der Waals surface area contributed by atoms with E-state index < -0.39 is 17.8 Å². The summed E-state index contributed by atoms with van der Waals surface area (Å²) in [5, 5.41) is 14.6. The highest BCUT2D eigenvalue weighted by molar-refractivity contribution is 5.64. The number of halogens is 2. The smallest absolute Gasteiger partial charge is 0.404 e. The van der Waals surface area contributed by atoms with E-state index in [2.05, 4.69) is 15.5 Å². The van der Waals surface area contributed by atoms with Crippen molar-refractivity contribution in [3.05, 3.63) is 47.1 Å². The van der Waals surface area contributed by atoms with Gasteiger partial charge in [-0.3, -0.25) is 0 Å². The van der Waals surface area contributed by atoms with Crippen molar-refractivity contribution in [1.29, 1.82) is 0 Å². The van der Waals surface area contributed by atoms with Crippen LogP contribution in [-0.4, -0.2) is 27.4 Å². The Kier molecular flexibility index (Phi) is 4.21. The quantitative estimate of drug-likeness (QED) is 0.892. The number of aryl methyl sites for hydroxylation is 1. The first-order chi connectivity index (χ1) is 11.4. The monoisotopic (exact) mass is 337 g/mol. The molecule has 128 valence electrons. The van der Waals surface area contributed by atoms with Crippen molar-refractivity contribution in [3.8, 4) is 0 Å². The molecule has 0 spiro atoms. The van der Waals surface area contributed by atoms with Crippen LogP contribution in [0.25, 0.3) is 0 Å². The molecular weight excluding hydrogens is 320 g/mol. The lowest BCUT2D eigenvalue weighted by atomic mass is 10.1. The number of benzene rings is 1. The molecule has 8 heteroatoms. The summed E-state index contributed by atoms with van der Waals surface area (Å²) in [5.74, 6) is -4.09. The lowest BCUT2D eigenvalue weighted by Crippen LogP contribution is -2.31. The van der Waals surface area contributed by atoms with Crippen molar-refractivity contribution in [2.24, 2.45) is 0 Å². The number of nitrogens with zero attached hydrogens (tertiary/aromatic N) is 2. The maximum Gasteiger partial charge on any atom is 0.404 e. The fourth-order valence-corrected chi connectivity index (χ4v) is 2.93. The number of amides is 1. The summed E-state index contributed by atoms with van der Waals surface area (Å²) in [5.41, 5.74) is 0.684. The molecule has 1 aromatic heterocycles. The molecule has 0 radical (unpaired) electrons. The maximum absolute atomic E-state index is 14.5. The Morgan fingerprint density at radius 3 is 2.71 bits per heavy atom. The Labute approximate surface area is 136 Å². The molecule has 1 heterocycles. The van der Waals surface area contributed by atoms with Crippen LogP contribution in [0.4, 0.5) is 13.6 Å². The highest BCUT2D eigenvalue weighted by atomic mass is 19.3. The number of alkyl halides is 2. The summed E-state index contributed by atoms with van der Waals surface area (Å²) < 4.78 is 34.0. The predicted molar refractivity (Wildman–Crippen MR) is 80.0 cm³/mol. The van der Waals surface area contributed by atoms with Crippen LogP contribution >= 0.6 is 0 Å². The first-order valence-corrected chi connectivity index (χ1v) is 7.64. The number of hydrogen-bond donors (Lipinski definition) is 2. The van der Waals surface area contributed by atoms with Crippen LogP contribution in [0.15, 0.2) is 28.8 Å². The van der Waals surface area contributed by atoms with Gasteiger partial charge in [0.25, 0.3) is 0 Å². The summed E-state index contributed by atoms with van der Waals surface area (Å²) in [6.45, 7) is 1.82. The Morgan fingerprint density at radius 2 is 2.04 bits per heavy atom. The van der Waals surface area contributed by atoms with E-state index in [-0.39, 0.29) is 23.4 Å². The summed E-state index contributed by atoms with van der Waals surface area (Å²) >= 11 is 0. The molecule has 2 aromatic rings. The van der Waals surface area contributed by atoms with Gasteiger partial charge in [0.15, 0.2) is 0 Å². The summed E-state index contributed by atoms with van der Waals surface area (Å²) in [6, 6.07) is 5.66. The molecule has 1 aliphatic rings. The SMILES string of the molecule is Cc1ccc(C(F)(F)c2noc([C@H]3CC[C@H](NC(=O)O)C3)n2)cc1. The predicted octanol–water partition coefficient (Wildman–Crippen LogP) is 3.42. The Balaban J connectivity index is 1.75. The highest BCUT2D eigenvalue weighted by Crippen LogP contribution is 2.37. The summed E-state index contributed by atoms with van der Waals surface area (Å²) in [4.78, 5) is 14.5. The van der Waals surface area contributed by atoms with Crippen LogP contribution in [0.5, 0.6) is 0 Å². The number of carboxylic acid groups (broad SMARTS) is 1. The van der Waals surface area contributed by atoms with E-state index in [1.165, 1.54) is 12.1 Å². The Bertz CT molecular complexity index is 730. The van der Waals surface area contributed by atoms with Gasteiger partial charge in [-0.2, -0.15) is 13.8 Å². The van der Waals surface area contributed by atoms with Gasteiger partial charge in [-0.1, -0.05) is 35.0 Å². The van der Waals surface area contributed by atoms with E-state index in [1.54, 1.807) is 12.1 Å². The average Bonchev–Trinajstić information content (AvgIpc) is 3.16. The van der Waals surface area contributed by atoms with Gasteiger partial charge in [0.2, 0.25) is 11.7 Å². The molecule has 24 heavy (non-hydrogen) atoms. The molecule has 2 N–H and O–H groups in total. The van der Waals surface area contributed by atoms with E-state index in [1.807, 2.05) is 6.92 Å². The van der Waals surface area contributed by atoms with Crippen molar-refractivity contribution in [1.82, 2.24) is 15.5 Å². The zero-order chi connectivity index (χ0) is 17.3.